The largest absolute Gasteiger partial charge is 0.481 e. The maximum absolute atomic E-state index is 12.8. The summed E-state index contributed by atoms with van der Waals surface area (Å²) in [6.45, 7) is 0.353. The normalized spacial score (nSPS) is 20.8. The molecule has 1 fully saturated rings. The van der Waals surface area contributed by atoms with E-state index in [2.05, 4.69) is 0 Å². The number of hydrogen-bond donors (Lipinski definition) is 1. The van der Waals surface area contributed by atoms with Gasteiger partial charge in [0.25, 0.3) is 0 Å². The van der Waals surface area contributed by atoms with Gasteiger partial charge in [-0.15, -0.1) is 0 Å². The zero-order valence-corrected chi connectivity index (χ0v) is 11.6. The van der Waals surface area contributed by atoms with E-state index in [0.29, 0.717) is 24.9 Å². The summed E-state index contributed by atoms with van der Waals surface area (Å²) in [6.07, 6.45) is 1.04. The van der Waals surface area contributed by atoms with Crippen molar-refractivity contribution in [2.45, 2.75) is 18.6 Å². The van der Waals surface area contributed by atoms with Gasteiger partial charge in [-0.25, -0.2) is 17.1 Å². The van der Waals surface area contributed by atoms with Gasteiger partial charge in [0.05, 0.1) is 11.7 Å². The van der Waals surface area contributed by atoms with Crippen LogP contribution < -0.4 is 0 Å². The van der Waals surface area contributed by atoms with Gasteiger partial charge in [-0.2, -0.15) is 0 Å². The second kappa shape index (κ2) is 5.88. The van der Waals surface area contributed by atoms with Gasteiger partial charge >= 0.3 is 5.97 Å². The number of carbonyl (C=O) groups is 1. The van der Waals surface area contributed by atoms with Gasteiger partial charge in [-0.05, 0) is 30.5 Å². The maximum Gasteiger partial charge on any atom is 0.307 e. The predicted molar refractivity (Wildman–Crippen MR) is 71.0 cm³/mol. The minimum absolute atomic E-state index is 0.0128. The minimum Gasteiger partial charge on any atom is -0.481 e. The van der Waals surface area contributed by atoms with Crippen LogP contribution >= 0.6 is 0 Å². The van der Waals surface area contributed by atoms with Crippen LogP contribution in [-0.2, 0) is 20.6 Å². The highest BCUT2D eigenvalue weighted by molar-refractivity contribution is 7.88. The van der Waals surface area contributed by atoms with E-state index in [1.165, 1.54) is 28.6 Å². The number of carboxylic acids is 1. The summed E-state index contributed by atoms with van der Waals surface area (Å²) in [5.74, 6) is -2.27. The summed E-state index contributed by atoms with van der Waals surface area (Å²) in [4.78, 5) is 11.0. The fourth-order valence-electron chi connectivity index (χ4n) is 2.28. The second-order valence-corrected chi connectivity index (χ2v) is 6.89. The van der Waals surface area contributed by atoms with E-state index < -0.39 is 27.7 Å². The molecule has 1 aromatic carbocycles. The summed E-state index contributed by atoms with van der Waals surface area (Å²) < 4.78 is 38.5. The number of nitrogens with zero attached hydrogens (tertiary/aromatic N) is 1. The van der Waals surface area contributed by atoms with Crippen LogP contribution in [0, 0.1) is 11.7 Å². The van der Waals surface area contributed by atoms with Crippen molar-refractivity contribution in [2.24, 2.45) is 5.92 Å². The Labute approximate surface area is 117 Å². The van der Waals surface area contributed by atoms with Crippen LogP contribution in [0.3, 0.4) is 0 Å². The van der Waals surface area contributed by atoms with Gasteiger partial charge in [0.2, 0.25) is 10.0 Å². The quantitative estimate of drug-likeness (QED) is 0.913. The molecule has 1 N–H and O–H groups in total. The topological polar surface area (TPSA) is 74.7 Å². The maximum atomic E-state index is 12.8. The Hall–Kier alpha value is -1.47. The third-order valence-electron chi connectivity index (χ3n) is 3.39. The summed E-state index contributed by atoms with van der Waals surface area (Å²) in [7, 11) is -3.57. The minimum atomic E-state index is -3.57. The zero-order chi connectivity index (χ0) is 14.8. The van der Waals surface area contributed by atoms with Crippen LogP contribution in [0.1, 0.15) is 18.4 Å². The Kier molecular flexibility index (Phi) is 4.39. The van der Waals surface area contributed by atoms with E-state index in [0.717, 1.165) is 0 Å². The van der Waals surface area contributed by atoms with E-state index in [1.54, 1.807) is 0 Å². The molecule has 0 bridgehead atoms. The number of rotatable bonds is 4. The van der Waals surface area contributed by atoms with E-state index in [1.807, 2.05) is 0 Å². The lowest BCUT2D eigenvalue weighted by molar-refractivity contribution is -0.142. The molecular formula is C13H16FNO4S. The first kappa shape index (κ1) is 14.9. The lowest BCUT2D eigenvalue weighted by Gasteiger charge is -2.29. The molecule has 0 aliphatic carbocycles. The molecule has 1 atom stereocenters. The van der Waals surface area contributed by atoms with Crippen LogP contribution in [0.5, 0.6) is 0 Å². The fourth-order valence-corrected chi connectivity index (χ4v) is 3.89. The van der Waals surface area contributed by atoms with Crippen LogP contribution in [-0.4, -0.2) is 36.9 Å². The molecule has 0 aromatic heterocycles. The molecule has 0 saturated carbocycles. The van der Waals surface area contributed by atoms with E-state index in [4.69, 9.17) is 5.11 Å². The summed E-state index contributed by atoms with van der Waals surface area (Å²) in [5, 5.41) is 8.98. The number of benzene rings is 1. The van der Waals surface area contributed by atoms with Crippen LogP contribution in [0.2, 0.25) is 0 Å². The molecule has 1 heterocycles. The summed E-state index contributed by atoms with van der Waals surface area (Å²) in [6, 6.07) is 5.26. The van der Waals surface area contributed by atoms with E-state index >= 15 is 0 Å². The van der Waals surface area contributed by atoms with Gasteiger partial charge in [0, 0.05) is 13.1 Å². The average molecular weight is 301 g/mol. The number of sulfonamides is 1. The molecule has 1 aliphatic rings. The third kappa shape index (κ3) is 3.55. The first-order chi connectivity index (χ1) is 9.38. The average Bonchev–Trinajstić information content (AvgIpc) is 2.41. The predicted octanol–water partition coefficient (Wildman–Crippen LogP) is 1.45. The zero-order valence-electron chi connectivity index (χ0n) is 10.8. The first-order valence-corrected chi connectivity index (χ1v) is 7.94. The Morgan fingerprint density at radius 2 is 2.00 bits per heavy atom. The molecule has 1 aromatic rings. The van der Waals surface area contributed by atoms with Gasteiger partial charge in [-0.3, -0.25) is 4.79 Å². The monoisotopic (exact) mass is 301 g/mol. The molecule has 0 radical (unpaired) electrons. The van der Waals surface area contributed by atoms with Crippen molar-refractivity contribution in [3.8, 4) is 0 Å². The highest BCUT2D eigenvalue weighted by Crippen LogP contribution is 2.21. The van der Waals surface area contributed by atoms with Crippen molar-refractivity contribution in [3.05, 3.63) is 35.6 Å². The molecular weight excluding hydrogens is 285 g/mol. The van der Waals surface area contributed by atoms with Crippen molar-refractivity contribution in [3.63, 3.8) is 0 Å². The van der Waals surface area contributed by atoms with Gasteiger partial charge in [0.1, 0.15) is 5.82 Å². The van der Waals surface area contributed by atoms with Gasteiger partial charge < -0.3 is 5.11 Å². The Balaban J connectivity index is 2.09. The van der Waals surface area contributed by atoms with Crippen molar-refractivity contribution in [2.75, 3.05) is 13.1 Å². The van der Waals surface area contributed by atoms with E-state index in [-0.39, 0.29) is 12.3 Å². The SMILES string of the molecule is O=C(O)[C@@H]1CCCN(S(=O)(=O)Cc2ccc(F)cc2)C1. The van der Waals surface area contributed by atoms with Gasteiger partial charge in [0.15, 0.2) is 0 Å². The number of piperidine rings is 1. The first-order valence-electron chi connectivity index (χ1n) is 6.33. The summed E-state index contributed by atoms with van der Waals surface area (Å²) in [5.41, 5.74) is 0.490. The van der Waals surface area contributed by atoms with Crippen molar-refractivity contribution in [1.82, 2.24) is 4.31 Å². The molecule has 0 unspecified atom stereocenters. The molecule has 20 heavy (non-hydrogen) atoms. The Morgan fingerprint density at radius 3 is 2.60 bits per heavy atom. The van der Waals surface area contributed by atoms with Crippen molar-refractivity contribution >= 4 is 16.0 Å². The second-order valence-electron chi connectivity index (χ2n) is 4.92. The Bertz CT molecular complexity index is 585. The van der Waals surface area contributed by atoms with Crippen LogP contribution in [0.25, 0.3) is 0 Å². The summed E-state index contributed by atoms with van der Waals surface area (Å²) >= 11 is 0. The lowest BCUT2D eigenvalue weighted by Crippen LogP contribution is -2.42. The smallest absolute Gasteiger partial charge is 0.307 e. The van der Waals surface area contributed by atoms with Crippen LogP contribution in [0.15, 0.2) is 24.3 Å². The highest BCUT2D eigenvalue weighted by atomic mass is 32.2. The molecule has 1 saturated heterocycles. The lowest BCUT2D eigenvalue weighted by atomic mass is 10.0. The molecule has 2 rings (SSSR count). The highest BCUT2D eigenvalue weighted by Gasteiger charge is 2.32. The molecule has 5 nitrogen and oxygen atoms in total. The number of carboxylic acid groups (broad SMARTS) is 1. The van der Waals surface area contributed by atoms with Crippen molar-refractivity contribution < 1.29 is 22.7 Å². The number of halogens is 1. The fraction of sp³-hybridized carbons (Fsp3) is 0.462. The molecule has 110 valence electrons. The van der Waals surface area contributed by atoms with E-state index in [9.17, 15) is 17.6 Å². The molecule has 1 aliphatic heterocycles. The molecule has 7 heteroatoms. The van der Waals surface area contributed by atoms with Crippen molar-refractivity contribution in [1.29, 1.82) is 0 Å². The van der Waals surface area contributed by atoms with Gasteiger partial charge in [-0.1, -0.05) is 12.1 Å². The number of aliphatic carboxylic acids is 1. The molecule has 0 amide bonds. The number of hydrogen-bond acceptors (Lipinski definition) is 3. The Morgan fingerprint density at radius 1 is 1.35 bits per heavy atom. The van der Waals surface area contributed by atoms with Crippen LogP contribution in [0.4, 0.5) is 4.39 Å². The molecule has 0 spiro atoms. The standard InChI is InChI=1S/C13H16FNO4S/c14-12-5-3-10(4-6-12)9-20(18,19)15-7-1-2-11(8-15)13(16)17/h3-6,11H,1-2,7-9H2,(H,16,17)/t11-/m1/s1. The third-order valence-corrected chi connectivity index (χ3v) is 5.21.